The molecule has 0 bridgehead atoms. The van der Waals surface area contributed by atoms with Gasteiger partial charge in [0.05, 0.1) is 0 Å². The molecule has 1 rings (SSSR count). The molecule has 0 fully saturated rings. The molecule has 0 aromatic carbocycles. The lowest BCUT2D eigenvalue weighted by Gasteiger charge is -2.08. The Bertz CT molecular complexity index is 238. The van der Waals surface area contributed by atoms with Crippen molar-refractivity contribution in [3.8, 4) is 0 Å². The fourth-order valence-electron chi connectivity index (χ4n) is 1.23. The summed E-state index contributed by atoms with van der Waals surface area (Å²) >= 11 is 0. The Labute approximate surface area is 85.2 Å². The maximum absolute atomic E-state index is 8.82. The maximum Gasteiger partial charge on any atom is 0.125 e. The third-order valence-corrected chi connectivity index (χ3v) is 2.16. The second-order valence-corrected chi connectivity index (χ2v) is 3.57. The van der Waals surface area contributed by atoms with Crippen LogP contribution in [0, 0.1) is 5.92 Å². The highest BCUT2D eigenvalue weighted by Crippen LogP contribution is 2.05. The predicted molar refractivity (Wildman–Crippen MR) is 58.2 cm³/mol. The van der Waals surface area contributed by atoms with E-state index in [0.29, 0.717) is 5.92 Å². The quantitative estimate of drug-likeness (QED) is 0.680. The minimum absolute atomic E-state index is 0.281. The van der Waals surface area contributed by atoms with Crippen LogP contribution in [0.2, 0.25) is 0 Å². The van der Waals surface area contributed by atoms with Gasteiger partial charge < -0.3 is 10.4 Å². The van der Waals surface area contributed by atoms with E-state index in [4.69, 9.17) is 5.11 Å². The number of nitrogens with zero attached hydrogens (tertiary/aromatic N) is 1. The van der Waals surface area contributed by atoms with Gasteiger partial charge in [0.1, 0.15) is 5.82 Å². The van der Waals surface area contributed by atoms with Crippen molar-refractivity contribution in [3.63, 3.8) is 0 Å². The zero-order valence-corrected chi connectivity index (χ0v) is 8.61. The molecule has 0 aliphatic heterocycles. The summed E-state index contributed by atoms with van der Waals surface area (Å²) in [4.78, 5) is 4.16. The van der Waals surface area contributed by atoms with Crippen LogP contribution in [0.1, 0.15) is 19.8 Å². The van der Waals surface area contributed by atoms with Gasteiger partial charge in [-0.15, -0.1) is 0 Å². The molecule has 78 valence electrons. The molecule has 0 aliphatic carbocycles. The molecule has 14 heavy (non-hydrogen) atoms. The molecule has 0 amide bonds. The standard InChI is InChI=1S/C11H18N2O/c1-10(9-14)5-4-8-13-11-6-2-3-7-12-11/h2-3,6-7,10,14H,4-5,8-9H2,1H3,(H,12,13). The molecule has 2 N–H and O–H groups in total. The lowest BCUT2D eigenvalue weighted by molar-refractivity contribution is 0.229. The lowest BCUT2D eigenvalue weighted by Crippen LogP contribution is -2.07. The normalized spacial score (nSPS) is 12.4. The smallest absolute Gasteiger partial charge is 0.125 e. The van der Waals surface area contributed by atoms with E-state index in [1.807, 2.05) is 18.2 Å². The molecule has 0 saturated carbocycles. The van der Waals surface area contributed by atoms with Gasteiger partial charge in [0.2, 0.25) is 0 Å². The Morgan fingerprint density at radius 3 is 3.00 bits per heavy atom. The van der Waals surface area contributed by atoms with Gasteiger partial charge in [0.25, 0.3) is 0 Å². The van der Waals surface area contributed by atoms with Crippen LogP contribution in [-0.4, -0.2) is 23.2 Å². The van der Waals surface area contributed by atoms with Crippen molar-refractivity contribution < 1.29 is 5.11 Å². The molecule has 1 aromatic heterocycles. The number of anilines is 1. The molecule has 1 aromatic rings. The first-order chi connectivity index (χ1) is 6.83. The van der Waals surface area contributed by atoms with E-state index in [1.165, 1.54) is 0 Å². The molecular formula is C11H18N2O. The van der Waals surface area contributed by atoms with Gasteiger partial charge in [-0.1, -0.05) is 13.0 Å². The first-order valence-corrected chi connectivity index (χ1v) is 5.08. The van der Waals surface area contributed by atoms with Crippen LogP contribution in [0.15, 0.2) is 24.4 Å². The molecule has 0 aliphatic rings. The fourth-order valence-corrected chi connectivity index (χ4v) is 1.23. The zero-order valence-electron chi connectivity index (χ0n) is 8.61. The highest BCUT2D eigenvalue weighted by Gasteiger charge is 1.98. The van der Waals surface area contributed by atoms with E-state index < -0.39 is 0 Å². The SMILES string of the molecule is CC(CO)CCCNc1ccccn1. The average molecular weight is 194 g/mol. The summed E-state index contributed by atoms with van der Waals surface area (Å²) in [5, 5.41) is 12.0. The highest BCUT2D eigenvalue weighted by atomic mass is 16.3. The molecule has 0 saturated heterocycles. The molecule has 0 spiro atoms. The summed E-state index contributed by atoms with van der Waals surface area (Å²) in [5.74, 6) is 1.32. The minimum atomic E-state index is 0.281. The predicted octanol–water partition coefficient (Wildman–Crippen LogP) is 1.90. The van der Waals surface area contributed by atoms with Gasteiger partial charge >= 0.3 is 0 Å². The molecule has 1 heterocycles. The van der Waals surface area contributed by atoms with E-state index in [-0.39, 0.29) is 6.61 Å². The van der Waals surface area contributed by atoms with Crippen LogP contribution in [0.3, 0.4) is 0 Å². The number of nitrogens with one attached hydrogen (secondary N) is 1. The van der Waals surface area contributed by atoms with Crippen molar-refractivity contribution in [1.82, 2.24) is 4.98 Å². The van der Waals surface area contributed by atoms with E-state index >= 15 is 0 Å². The number of aromatic nitrogens is 1. The molecule has 0 radical (unpaired) electrons. The Morgan fingerprint density at radius 1 is 1.50 bits per heavy atom. The van der Waals surface area contributed by atoms with Crippen molar-refractivity contribution in [2.75, 3.05) is 18.5 Å². The second kappa shape index (κ2) is 6.38. The Kier molecular flexibility index (Phi) is 5.00. The van der Waals surface area contributed by atoms with Gasteiger partial charge in [0.15, 0.2) is 0 Å². The van der Waals surface area contributed by atoms with Gasteiger partial charge in [-0.25, -0.2) is 4.98 Å². The van der Waals surface area contributed by atoms with E-state index in [0.717, 1.165) is 25.2 Å². The van der Waals surface area contributed by atoms with Crippen molar-refractivity contribution >= 4 is 5.82 Å². The zero-order chi connectivity index (χ0) is 10.2. The van der Waals surface area contributed by atoms with Gasteiger partial charge in [-0.2, -0.15) is 0 Å². The first kappa shape index (κ1) is 11.0. The van der Waals surface area contributed by atoms with Crippen molar-refractivity contribution in [2.45, 2.75) is 19.8 Å². The minimum Gasteiger partial charge on any atom is -0.396 e. The Balaban J connectivity index is 2.10. The number of hydrogen-bond donors (Lipinski definition) is 2. The van der Waals surface area contributed by atoms with Gasteiger partial charge in [-0.05, 0) is 30.9 Å². The maximum atomic E-state index is 8.82. The van der Waals surface area contributed by atoms with E-state index in [1.54, 1.807) is 6.20 Å². The third-order valence-electron chi connectivity index (χ3n) is 2.16. The second-order valence-electron chi connectivity index (χ2n) is 3.57. The highest BCUT2D eigenvalue weighted by molar-refractivity contribution is 5.32. The number of aliphatic hydroxyl groups is 1. The summed E-state index contributed by atoms with van der Waals surface area (Å²) in [5.41, 5.74) is 0. The fraction of sp³-hybridized carbons (Fsp3) is 0.545. The number of hydrogen-bond acceptors (Lipinski definition) is 3. The number of pyridine rings is 1. The van der Waals surface area contributed by atoms with Crippen LogP contribution in [0.4, 0.5) is 5.82 Å². The number of aliphatic hydroxyl groups excluding tert-OH is 1. The summed E-state index contributed by atoms with van der Waals surface area (Å²) in [6, 6.07) is 5.82. The van der Waals surface area contributed by atoms with Crippen molar-refractivity contribution in [2.24, 2.45) is 5.92 Å². The molecule has 1 atom stereocenters. The number of rotatable bonds is 6. The lowest BCUT2D eigenvalue weighted by atomic mass is 10.1. The topological polar surface area (TPSA) is 45.1 Å². The van der Waals surface area contributed by atoms with Gasteiger partial charge in [-0.3, -0.25) is 0 Å². The largest absolute Gasteiger partial charge is 0.396 e. The van der Waals surface area contributed by atoms with Crippen molar-refractivity contribution in [3.05, 3.63) is 24.4 Å². The van der Waals surface area contributed by atoms with Crippen LogP contribution in [0.25, 0.3) is 0 Å². The van der Waals surface area contributed by atoms with Gasteiger partial charge in [0, 0.05) is 19.3 Å². The molecule has 1 unspecified atom stereocenters. The van der Waals surface area contributed by atoms with Crippen LogP contribution < -0.4 is 5.32 Å². The monoisotopic (exact) mass is 194 g/mol. The van der Waals surface area contributed by atoms with E-state index in [2.05, 4.69) is 17.2 Å². The van der Waals surface area contributed by atoms with Crippen molar-refractivity contribution in [1.29, 1.82) is 0 Å². The first-order valence-electron chi connectivity index (χ1n) is 5.08. The van der Waals surface area contributed by atoms with Crippen LogP contribution >= 0.6 is 0 Å². The molecular weight excluding hydrogens is 176 g/mol. The summed E-state index contributed by atoms with van der Waals surface area (Å²) < 4.78 is 0. The Morgan fingerprint density at radius 2 is 2.36 bits per heavy atom. The molecule has 3 nitrogen and oxygen atoms in total. The summed E-state index contributed by atoms with van der Waals surface area (Å²) in [7, 11) is 0. The van der Waals surface area contributed by atoms with E-state index in [9.17, 15) is 0 Å². The average Bonchev–Trinajstić information content (AvgIpc) is 2.25. The van der Waals surface area contributed by atoms with Crippen LogP contribution in [-0.2, 0) is 0 Å². The Hall–Kier alpha value is -1.09. The molecule has 3 heteroatoms. The summed E-state index contributed by atoms with van der Waals surface area (Å²) in [6.07, 6.45) is 3.90. The summed E-state index contributed by atoms with van der Waals surface area (Å²) in [6.45, 7) is 3.26. The van der Waals surface area contributed by atoms with Crippen LogP contribution in [0.5, 0.6) is 0 Å². The third kappa shape index (κ3) is 4.23.